The summed E-state index contributed by atoms with van der Waals surface area (Å²) in [6.07, 6.45) is 5.33. The number of rotatable bonds is 5. The second kappa shape index (κ2) is 8.29. The zero-order valence-corrected chi connectivity index (χ0v) is 17.9. The molecule has 1 saturated heterocycles. The molecule has 9 heteroatoms. The molecular formula is C23H21ClN4O4. The van der Waals surface area contributed by atoms with Crippen LogP contribution < -0.4 is 5.69 Å². The van der Waals surface area contributed by atoms with E-state index in [1.54, 1.807) is 51.7 Å². The molecule has 1 aliphatic heterocycles. The average molecular weight is 453 g/mol. The van der Waals surface area contributed by atoms with Crippen LogP contribution in [0.3, 0.4) is 0 Å². The number of imidazole rings is 1. The molecule has 8 nitrogen and oxygen atoms in total. The van der Waals surface area contributed by atoms with Crippen LogP contribution in [0.25, 0.3) is 16.7 Å². The number of aromatic carboxylic acids is 1. The van der Waals surface area contributed by atoms with Crippen molar-refractivity contribution in [3.8, 4) is 5.69 Å². The van der Waals surface area contributed by atoms with Gasteiger partial charge in [-0.15, -0.1) is 0 Å². The molecule has 2 aromatic carbocycles. The van der Waals surface area contributed by atoms with Crippen LogP contribution in [0.1, 0.15) is 34.8 Å². The number of halogens is 1. The third-order valence-corrected chi connectivity index (χ3v) is 6.05. The third-order valence-electron chi connectivity index (χ3n) is 5.82. The number of fused-ring (bicyclic) bond motifs is 1. The first-order valence-electron chi connectivity index (χ1n) is 10.4. The quantitative estimate of drug-likeness (QED) is 0.498. The predicted octanol–water partition coefficient (Wildman–Crippen LogP) is 3.74. The Bertz CT molecular complexity index is 1360. The van der Waals surface area contributed by atoms with Crippen molar-refractivity contribution in [2.24, 2.45) is 0 Å². The first-order valence-corrected chi connectivity index (χ1v) is 10.7. The maximum Gasteiger partial charge on any atom is 0.335 e. The molecule has 164 valence electrons. The minimum Gasteiger partial charge on any atom is -0.478 e. The summed E-state index contributed by atoms with van der Waals surface area (Å²) in [4.78, 5) is 24.9. The number of ether oxygens (including phenoxy) is 1. The van der Waals surface area contributed by atoms with E-state index < -0.39 is 5.97 Å². The van der Waals surface area contributed by atoms with Crippen LogP contribution in [0.4, 0.5) is 0 Å². The average Bonchev–Trinajstić information content (AvgIpc) is 3.37. The van der Waals surface area contributed by atoms with Crippen molar-refractivity contribution in [3.63, 3.8) is 0 Å². The van der Waals surface area contributed by atoms with Crippen molar-refractivity contribution in [2.75, 3.05) is 13.2 Å². The molecule has 32 heavy (non-hydrogen) atoms. The van der Waals surface area contributed by atoms with Gasteiger partial charge >= 0.3 is 11.7 Å². The summed E-state index contributed by atoms with van der Waals surface area (Å²) in [7, 11) is 0. The highest BCUT2D eigenvalue weighted by Crippen LogP contribution is 2.25. The van der Waals surface area contributed by atoms with Crippen LogP contribution in [0, 0.1) is 0 Å². The standard InChI is InChI=1S/C23H21ClN4O4/c24-17-4-5-20-21(11-17)28(19-12-25-27(14-19)18-6-8-32-9-7-18)23(31)26(20)13-15-2-1-3-16(10-15)22(29)30/h1-5,10-12,14,18H,6-9,13H2,(H,29,30). The Morgan fingerprint density at radius 3 is 2.75 bits per heavy atom. The van der Waals surface area contributed by atoms with Crippen molar-refractivity contribution in [3.05, 3.63) is 81.5 Å². The van der Waals surface area contributed by atoms with E-state index >= 15 is 0 Å². The lowest BCUT2D eigenvalue weighted by Crippen LogP contribution is -2.24. The summed E-state index contributed by atoms with van der Waals surface area (Å²) in [5, 5.41) is 14.3. The zero-order valence-electron chi connectivity index (χ0n) is 17.1. The maximum atomic E-state index is 13.5. The fraction of sp³-hybridized carbons (Fsp3) is 0.261. The molecule has 4 aromatic rings. The second-order valence-corrected chi connectivity index (χ2v) is 8.30. The highest BCUT2D eigenvalue weighted by atomic mass is 35.5. The minimum absolute atomic E-state index is 0.181. The van der Waals surface area contributed by atoms with Gasteiger partial charge in [-0.1, -0.05) is 23.7 Å². The molecule has 0 saturated carbocycles. The molecule has 2 aromatic heterocycles. The van der Waals surface area contributed by atoms with E-state index in [1.807, 2.05) is 10.9 Å². The summed E-state index contributed by atoms with van der Waals surface area (Å²) in [6.45, 7) is 1.63. The van der Waals surface area contributed by atoms with Crippen LogP contribution >= 0.6 is 11.6 Å². The number of aromatic nitrogens is 4. The van der Waals surface area contributed by atoms with E-state index in [1.165, 1.54) is 6.07 Å². The van der Waals surface area contributed by atoms with E-state index in [0.717, 1.165) is 18.4 Å². The highest BCUT2D eigenvalue weighted by Gasteiger charge is 2.20. The highest BCUT2D eigenvalue weighted by molar-refractivity contribution is 6.31. The van der Waals surface area contributed by atoms with Crippen LogP contribution in [0.2, 0.25) is 5.02 Å². The number of hydrogen-bond donors (Lipinski definition) is 1. The Balaban J connectivity index is 1.60. The zero-order chi connectivity index (χ0) is 22.2. The number of hydrogen-bond acceptors (Lipinski definition) is 4. The summed E-state index contributed by atoms with van der Waals surface area (Å²) in [5.74, 6) is -1.01. The molecule has 0 amide bonds. The maximum absolute atomic E-state index is 13.5. The largest absolute Gasteiger partial charge is 0.478 e. The molecule has 0 unspecified atom stereocenters. The van der Waals surface area contributed by atoms with E-state index in [0.29, 0.717) is 35.0 Å². The third kappa shape index (κ3) is 3.72. The van der Waals surface area contributed by atoms with Gasteiger partial charge in [-0.05, 0) is 48.7 Å². The number of benzene rings is 2. The van der Waals surface area contributed by atoms with Gasteiger partial charge in [0.25, 0.3) is 0 Å². The molecule has 3 heterocycles. The van der Waals surface area contributed by atoms with Crippen LogP contribution in [0.5, 0.6) is 0 Å². The Hall–Kier alpha value is -3.36. The van der Waals surface area contributed by atoms with Crippen LogP contribution in [0.15, 0.2) is 59.7 Å². The number of carbonyl (C=O) groups is 1. The van der Waals surface area contributed by atoms with Gasteiger partial charge in [0.15, 0.2) is 0 Å². The Morgan fingerprint density at radius 1 is 1.16 bits per heavy atom. The SMILES string of the molecule is O=C(O)c1cccc(Cn2c(=O)n(-c3cnn(C4CCOCC4)c3)c3cc(Cl)ccc32)c1. The fourth-order valence-electron chi connectivity index (χ4n) is 4.21. The van der Waals surface area contributed by atoms with Gasteiger partial charge in [-0.25, -0.2) is 9.59 Å². The van der Waals surface area contributed by atoms with Crippen molar-refractivity contribution in [1.82, 2.24) is 18.9 Å². The summed E-state index contributed by atoms with van der Waals surface area (Å²) < 4.78 is 10.6. The molecular weight excluding hydrogens is 432 g/mol. The molecule has 0 spiro atoms. The smallest absolute Gasteiger partial charge is 0.335 e. The van der Waals surface area contributed by atoms with Gasteiger partial charge in [-0.2, -0.15) is 5.10 Å². The molecule has 0 atom stereocenters. The molecule has 5 rings (SSSR count). The lowest BCUT2D eigenvalue weighted by molar-refractivity contribution is 0.0662. The number of nitrogens with zero attached hydrogens (tertiary/aromatic N) is 4. The van der Waals surface area contributed by atoms with E-state index in [2.05, 4.69) is 5.10 Å². The van der Waals surface area contributed by atoms with Gasteiger partial charge in [0.05, 0.1) is 41.1 Å². The predicted molar refractivity (Wildman–Crippen MR) is 120 cm³/mol. The Labute approximate surface area is 188 Å². The normalized spacial score (nSPS) is 14.8. The van der Waals surface area contributed by atoms with Crippen LogP contribution in [-0.4, -0.2) is 43.2 Å². The Kier molecular flexibility index (Phi) is 5.32. The molecule has 1 fully saturated rings. The monoisotopic (exact) mass is 452 g/mol. The van der Waals surface area contributed by atoms with E-state index in [-0.39, 0.29) is 23.8 Å². The molecule has 1 aliphatic rings. The molecule has 1 N–H and O–H groups in total. The topological polar surface area (TPSA) is 91.3 Å². The van der Waals surface area contributed by atoms with Crippen molar-refractivity contribution >= 4 is 28.6 Å². The van der Waals surface area contributed by atoms with E-state index in [9.17, 15) is 14.7 Å². The summed E-state index contributed by atoms with van der Waals surface area (Å²) >= 11 is 6.26. The fourth-order valence-corrected chi connectivity index (χ4v) is 4.38. The summed E-state index contributed by atoms with van der Waals surface area (Å²) in [5.41, 5.74) is 2.70. The lowest BCUT2D eigenvalue weighted by Gasteiger charge is -2.22. The number of carboxylic acid groups (broad SMARTS) is 1. The number of carboxylic acids is 1. The van der Waals surface area contributed by atoms with Gasteiger partial charge in [0.2, 0.25) is 0 Å². The first-order chi connectivity index (χ1) is 15.5. The van der Waals surface area contributed by atoms with Gasteiger partial charge in [0.1, 0.15) is 0 Å². The van der Waals surface area contributed by atoms with Gasteiger partial charge in [-0.3, -0.25) is 13.8 Å². The first kappa shape index (κ1) is 20.5. The van der Waals surface area contributed by atoms with Crippen LogP contribution in [-0.2, 0) is 11.3 Å². The molecule has 0 aliphatic carbocycles. The summed E-state index contributed by atoms with van der Waals surface area (Å²) in [6, 6.07) is 12.1. The molecule has 0 radical (unpaired) electrons. The molecule has 0 bridgehead atoms. The lowest BCUT2D eigenvalue weighted by atomic mass is 10.1. The van der Waals surface area contributed by atoms with Crippen molar-refractivity contribution in [1.29, 1.82) is 0 Å². The van der Waals surface area contributed by atoms with Crippen molar-refractivity contribution < 1.29 is 14.6 Å². The Morgan fingerprint density at radius 2 is 1.97 bits per heavy atom. The minimum atomic E-state index is -1.01. The van der Waals surface area contributed by atoms with Crippen molar-refractivity contribution in [2.45, 2.75) is 25.4 Å². The van der Waals surface area contributed by atoms with Gasteiger partial charge < -0.3 is 9.84 Å². The van der Waals surface area contributed by atoms with Gasteiger partial charge in [0, 0.05) is 24.4 Å². The second-order valence-electron chi connectivity index (χ2n) is 7.86. The van der Waals surface area contributed by atoms with E-state index in [4.69, 9.17) is 16.3 Å².